The van der Waals surface area contributed by atoms with Crippen molar-refractivity contribution in [3.63, 3.8) is 0 Å². The van der Waals surface area contributed by atoms with Crippen molar-refractivity contribution >= 4 is 5.91 Å². The number of fused-ring (bicyclic) bond motifs is 1. The molecule has 2 saturated carbocycles. The van der Waals surface area contributed by atoms with Gasteiger partial charge < -0.3 is 20.6 Å². The number of aryl methyl sites for hydroxylation is 1. The van der Waals surface area contributed by atoms with Crippen LogP contribution in [-0.2, 0) is 5.41 Å². The molecule has 0 bridgehead atoms. The zero-order chi connectivity index (χ0) is 24.1. The standard InChI is InChI=1S/C27H35N3O4/c1-17-3-6-22(31)24(32)23(17)26-11-14-30(16-19-4-5-19)18(2)27(26,34)10-7-21(15-26)29-25(33)20-8-12-28-13-9-20/h3,6,8-9,12-13,18-19,21,31-32,34H,4-5,7,10-11,14-16H2,1-2H3,(H,29,33). The molecule has 4 atom stereocenters. The van der Waals surface area contributed by atoms with Gasteiger partial charge in [0.05, 0.1) is 5.60 Å². The van der Waals surface area contributed by atoms with E-state index in [2.05, 4.69) is 22.1 Å². The lowest BCUT2D eigenvalue weighted by atomic mass is 9.52. The topological polar surface area (TPSA) is 106 Å². The maximum Gasteiger partial charge on any atom is 0.251 e. The second-order valence-corrected chi connectivity index (χ2v) is 10.6. The molecule has 4 N–H and O–H groups in total. The van der Waals surface area contributed by atoms with Gasteiger partial charge in [-0.3, -0.25) is 14.7 Å². The van der Waals surface area contributed by atoms with Gasteiger partial charge in [0.15, 0.2) is 11.5 Å². The van der Waals surface area contributed by atoms with Crippen LogP contribution in [0, 0.1) is 12.8 Å². The van der Waals surface area contributed by atoms with Gasteiger partial charge in [-0.1, -0.05) is 6.07 Å². The molecule has 1 amide bonds. The van der Waals surface area contributed by atoms with E-state index in [0.717, 1.165) is 18.7 Å². The van der Waals surface area contributed by atoms with Gasteiger partial charge in [0, 0.05) is 47.6 Å². The van der Waals surface area contributed by atoms with E-state index in [9.17, 15) is 20.1 Å². The van der Waals surface area contributed by atoms with Crippen LogP contribution in [0.15, 0.2) is 36.7 Å². The predicted molar refractivity (Wildman–Crippen MR) is 129 cm³/mol. The van der Waals surface area contributed by atoms with Crippen LogP contribution in [0.4, 0.5) is 0 Å². The van der Waals surface area contributed by atoms with Crippen molar-refractivity contribution in [3.05, 3.63) is 53.3 Å². The molecule has 182 valence electrons. The summed E-state index contributed by atoms with van der Waals surface area (Å²) < 4.78 is 0. The molecule has 1 saturated heterocycles. The minimum Gasteiger partial charge on any atom is -0.504 e. The first kappa shape index (κ1) is 23.1. The summed E-state index contributed by atoms with van der Waals surface area (Å²) >= 11 is 0. The number of phenolic OH excluding ortho intramolecular Hbond substituents is 2. The van der Waals surface area contributed by atoms with Crippen LogP contribution in [0.2, 0.25) is 0 Å². The number of piperidine rings is 1. The van der Waals surface area contributed by atoms with Crippen LogP contribution in [0.3, 0.4) is 0 Å². The summed E-state index contributed by atoms with van der Waals surface area (Å²) in [6.07, 6.45) is 8.01. The Morgan fingerprint density at radius 1 is 1.15 bits per heavy atom. The number of rotatable bonds is 5. The molecule has 1 aliphatic heterocycles. The number of nitrogens with one attached hydrogen (secondary N) is 1. The number of amides is 1. The summed E-state index contributed by atoms with van der Waals surface area (Å²) in [5, 5.41) is 37.1. The van der Waals surface area contributed by atoms with E-state index in [4.69, 9.17) is 0 Å². The number of phenols is 2. The number of aromatic nitrogens is 1. The van der Waals surface area contributed by atoms with Gasteiger partial charge in [-0.2, -0.15) is 0 Å². The third kappa shape index (κ3) is 3.75. The van der Waals surface area contributed by atoms with Crippen LogP contribution >= 0.6 is 0 Å². The zero-order valence-electron chi connectivity index (χ0n) is 20.0. The van der Waals surface area contributed by atoms with Crippen molar-refractivity contribution in [1.29, 1.82) is 0 Å². The molecule has 34 heavy (non-hydrogen) atoms. The first-order chi connectivity index (χ1) is 16.2. The van der Waals surface area contributed by atoms with Gasteiger partial charge >= 0.3 is 0 Å². The second kappa shape index (κ2) is 8.54. The predicted octanol–water partition coefficient (Wildman–Crippen LogP) is 3.26. The van der Waals surface area contributed by atoms with Crippen LogP contribution in [0.1, 0.15) is 66.9 Å². The Morgan fingerprint density at radius 2 is 1.88 bits per heavy atom. The molecule has 1 aromatic carbocycles. The van der Waals surface area contributed by atoms with Crippen molar-refractivity contribution in [2.75, 3.05) is 13.1 Å². The molecule has 0 radical (unpaired) electrons. The lowest BCUT2D eigenvalue weighted by molar-refractivity contribution is -0.159. The highest BCUT2D eigenvalue weighted by atomic mass is 16.3. The number of aliphatic hydroxyl groups is 1. The maximum absolute atomic E-state index is 12.9. The number of pyridine rings is 1. The quantitative estimate of drug-likeness (QED) is 0.505. The lowest BCUT2D eigenvalue weighted by Gasteiger charge is -2.61. The average Bonchev–Trinajstić information content (AvgIpc) is 3.65. The zero-order valence-corrected chi connectivity index (χ0v) is 20.0. The summed E-state index contributed by atoms with van der Waals surface area (Å²) in [5.74, 6) is 0.227. The molecule has 7 heteroatoms. The van der Waals surface area contributed by atoms with Crippen LogP contribution in [0.25, 0.3) is 0 Å². The SMILES string of the molecule is Cc1ccc(O)c(O)c1C12CCN(CC3CC3)C(C)C1(O)CCC(NC(=O)c1ccncc1)C2. The van der Waals surface area contributed by atoms with E-state index in [1.807, 2.05) is 6.92 Å². The van der Waals surface area contributed by atoms with Gasteiger partial charge in [-0.25, -0.2) is 0 Å². The molecule has 0 spiro atoms. The first-order valence-electron chi connectivity index (χ1n) is 12.4. The monoisotopic (exact) mass is 465 g/mol. The van der Waals surface area contributed by atoms with Crippen LogP contribution < -0.4 is 5.32 Å². The first-order valence-corrected chi connectivity index (χ1v) is 12.4. The molecule has 2 heterocycles. The van der Waals surface area contributed by atoms with E-state index in [1.54, 1.807) is 30.6 Å². The summed E-state index contributed by atoms with van der Waals surface area (Å²) in [6.45, 7) is 5.82. The molecule has 7 nitrogen and oxygen atoms in total. The molecule has 1 aromatic heterocycles. The highest BCUT2D eigenvalue weighted by molar-refractivity contribution is 5.94. The molecular formula is C27H35N3O4. The van der Waals surface area contributed by atoms with Crippen molar-refractivity contribution in [1.82, 2.24) is 15.2 Å². The highest BCUT2D eigenvalue weighted by Gasteiger charge is 2.62. The van der Waals surface area contributed by atoms with E-state index in [1.165, 1.54) is 18.9 Å². The molecule has 3 aliphatic rings. The van der Waals surface area contributed by atoms with Crippen molar-refractivity contribution in [2.45, 2.75) is 75.5 Å². The molecule has 2 aromatic rings. The maximum atomic E-state index is 12.9. The van der Waals surface area contributed by atoms with Crippen molar-refractivity contribution < 1.29 is 20.1 Å². The second-order valence-electron chi connectivity index (χ2n) is 10.6. The van der Waals surface area contributed by atoms with E-state index < -0.39 is 11.0 Å². The minimum atomic E-state index is -1.09. The number of likely N-dealkylation sites (tertiary alicyclic amines) is 1. The van der Waals surface area contributed by atoms with Gasteiger partial charge in [0.2, 0.25) is 0 Å². The number of benzene rings is 1. The van der Waals surface area contributed by atoms with Gasteiger partial charge in [0.1, 0.15) is 0 Å². The smallest absolute Gasteiger partial charge is 0.251 e. The Labute approximate surface area is 200 Å². The van der Waals surface area contributed by atoms with Crippen molar-refractivity contribution in [3.8, 4) is 11.5 Å². The van der Waals surface area contributed by atoms with Gasteiger partial charge in [-0.15, -0.1) is 0 Å². The highest BCUT2D eigenvalue weighted by Crippen LogP contribution is 2.58. The van der Waals surface area contributed by atoms with Crippen molar-refractivity contribution in [2.24, 2.45) is 5.92 Å². The van der Waals surface area contributed by atoms with Gasteiger partial charge in [0.25, 0.3) is 5.91 Å². The van der Waals surface area contributed by atoms with E-state index >= 15 is 0 Å². The van der Waals surface area contributed by atoms with E-state index in [-0.39, 0.29) is 29.5 Å². The Balaban J connectivity index is 1.52. The fraction of sp³-hybridized carbons (Fsp3) is 0.556. The number of nitrogens with zero attached hydrogens (tertiary/aromatic N) is 2. The Bertz CT molecular complexity index is 1070. The number of carbonyl (C=O) groups is 1. The fourth-order valence-electron chi connectivity index (χ4n) is 6.60. The normalized spacial score (nSPS) is 31.6. The fourth-order valence-corrected chi connectivity index (χ4v) is 6.60. The minimum absolute atomic E-state index is 0.0974. The lowest BCUT2D eigenvalue weighted by Crippen LogP contribution is -2.71. The third-order valence-electron chi connectivity index (χ3n) is 8.67. The van der Waals surface area contributed by atoms with Gasteiger partial charge in [-0.05, 0) is 88.6 Å². The van der Waals surface area contributed by atoms with Crippen LogP contribution in [0.5, 0.6) is 11.5 Å². The number of aromatic hydroxyl groups is 2. The number of hydrogen-bond donors (Lipinski definition) is 4. The average molecular weight is 466 g/mol. The largest absolute Gasteiger partial charge is 0.504 e. The summed E-state index contributed by atoms with van der Waals surface area (Å²) in [7, 11) is 0. The Morgan fingerprint density at radius 3 is 2.59 bits per heavy atom. The molecule has 2 aliphatic carbocycles. The number of carbonyl (C=O) groups excluding carboxylic acids is 1. The Hall–Kier alpha value is -2.64. The molecule has 3 fully saturated rings. The summed E-state index contributed by atoms with van der Waals surface area (Å²) in [5.41, 5.74) is 0.143. The Kier molecular flexibility index (Phi) is 5.81. The molecule has 4 unspecified atom stereocenters. The number of hydrogen-bond acceptors (Lipinski definition) is 6. The van der Waals surface area contributed by atoms with Crippen LogP contribution in [-0.4, -0.2) is 61.9 Å². The summed E-state index contributed by atoms with van der Waals surface area (Å²) in [4.78, 5) is 19.3. The molecule has 5 rings (SSSR count). The summed E-state index contributed by atoms with van der Waals surface area (Å²) in [6, 6.07) is 6.42. The molecular weight excluding hydrogens is 430 g/mol. The third-order valence-corrected chi connectivity index (χ3v) is 8.67. The van der Waals surface area contributed by atoms with E-state index in [0.29, 0.717) is 42.7 Å².